The van der Waals surface area contributed by atoms with Crippen molar-refractivity contribution < 1.29 is 27.1 Å². The number of nitrogens with zero attached hydrogens (tertiary/aromatic N) is 1. The zero-order valence-electron chi connectivity index (χ0n) is 14.7. The van der Waals surface area contributed by atoms with Crippen molar-refractivity contribution in [3.05, 3.63) is 53.8 Å². The molecule has 0 aromatic heterocycles. The van der Waals surface area contributed by atoms with E-state index in [9.17, 15) is 17.6 Å². The minimum atomic E-state index is -4.20. The number of carbonyl (C=O) groups is 1. The van der Waals surface area contributed by atoms with Crippen molar-refractivity contribution in [1.29, 1.82) is 0 Å². The van der Waals surface area contributed by atoms with Gasteiger partial charge in [-0.25, -0.2) is 12.8 Å². The molecule has 0 saturated heterocycles. The van der Waals surface area contributed by atoms with Gasteiger partial charge in [0.15, 0.2) is 0 Å². The van der Waals surface area contributed by atoms with Gasteiger partial charge >= 0.3 is 5.97 Å². The van der Waals surface area contributed by atoms with Crippen molar-refractivity contribution in [3.63, 3.8) is 0 Å². The molecule has 0 unspecified atom stereocenters. The number of methoxy groups -OCH3 is 1. The predicted octanol–water partition coefficient (Wildman–Crippen LogP) is 2.90. The molecule has 0 atom stereocenters. The second kappa shape index (κ2) is 8.18. The maximum atomic E-state index is 14.2. The van der Waals surface area contributed by atoms with Gasteiger partial charge in [0.1, 0.15) is 18.1 Å². The zero-order valence-corrected chi connectivity index (χ0v) is 15.5. The van der Waals surface area contributed by atoms with E-state index in [0.29, 0.717) is 15.6 Å². The molecule has 0 aliphatic heterocycles. The van der Waals surface area contributed by atoms with E-state index in [1.54, 1.807) is 13.8 Å². The fraction of sp³-hybridized carbons (Fsp3) is 0.278. The lowest BCUT2D eigenvalue weighted by Gasteiger charge is -2.24. The van der Waals surface area contributed by atoms with Crippen molar-refractivity contribution in [3.8, 4) is 5.75 Å². The summed E-state index contributed by atoms with van der Waals surface area (Å²) in [6.07, 6.45) is 0. The van der Waals surface area contributed by atoms with E-state index < -0.39 is 28.4 Å². The van der Waals surface area contributed by atoms with E-state index in [2.05, 4.69) is 0 Å². The van der Waals surface area contributed by atoms with Gasteiger partial charge in [0.2, 0.25) is 0 Å². The second-order valence-corrected chi connectivity index (χ2v) is 7.26. The smallest absolute Gasteiger partial charge is 0.326 e. The summed E-state index contributed by atoms with van der Waals surface area (Å²) in [7, 11) is -2.73. The van der Waals surface area contributed by atoms with Crippen LogP contribution < -0.4 is 9.04 Å². The average Bonchev–Trinajstić information content (AvgIpc) is 2.60. The van der Waals surface area contributed by atoms with Crippen LogP contribution in [0.3, 0.4) is 0 Å². The third-order valence-corrected chi connectivity index (χ3v) is 5.41. The molecule has 0 heterocycles. The zero-order chi connectivity index (χ0) is 19.3. The number of sulfonamides is 1. The van der Waals surface area contributed by atoms with Crippen LogP contribution in [0.15, 0.2) is 47.4 Å². The van der Waals surface area contributed by atoms with Crippen molar-refractivity contribution in [2.75, 3.05) is 24.6 Å². The van der Waals surface area contributed by atoms with E-state index in [1.807, 2.05) is 0 Å². The summed E-state index contributed by atoms with van der Waals surface area (Å²) in [5.41, 5.74) is 0.368. The molecule has 0 fully saturated rings. The number of esters is 1. The Morgan fingerprint density at radius 3 is 2.46 bits per heavy atom. The van der Waals surface area contributed by atoms with Crippen LogP contribution >= 0.6 is 0 Å². The molecule has 2 aromatic carbocycles. The summed E-state index contributed by atoms with van der Waals surface area (Å²) in [6.45, 7) is 2.75. The molecule has 6 nitrogen and oxygen atoms in total. The summed E-state index contributed by atoms with van der Waals surface area (Å²) in [5, 5.41) is 0. The Morgan fingerprint density at radius 1 is 1.19 bits per heavy atom. The lowest BCUT2D eigenvalue weighted by Crippen LogP contribution is -2.37. The first-order valence-electron chi connectivity index (χ1n) is 7.88. The van der Waals surface area contributed by atoms with Crippen LogP contribution in [-0.2, 0) is 19.6 Å². The minimum Gasteiger partial charge on any atom is -0.496 e. The van der Waals surface area contributed by atoms with Crippen molar-refractivity contribution in [1.82, 2.24) is 0 Å². The number of carbonyl (C=O) groups excluding carboxylic acids is 1. The average molecular weight is 381 g/mol. The van der Waals surface area contributed by atoms with Gasteiger partial charge in [0, 0.05) is 0 Å². The van der Waals surface area contributed by atoms with E-state index in [1.165, 1.54) is 43.5 Å². The first-order valence-corrected chi connectivity index (χ1v) is 9.32. The number of anilines is 1. The number of para-hydroxylation sites is 1. The Kier molecular flexibility index (Phi) is 6.20. The van der Waals surface area contributed by atoms with E-state index in [-0.39, 0.29) is 17.2 Å². The SMILES string of the molecule is CCOC(=O)CN(c1ccccc1F)S(=O)(=O)c1ccc(OC)c(C)c1. The predicted molar refractivity (Wildman–Crippen MR) is 95.3 cm³/mol. The number of ether oxygens (including phenoxy) is 2. The fourth-order valence-corrected chi connectivity index (χ4v) is 3.92. The van der Waals surface area contributed by atoms with Gasteiger partial charge in [0.25, 0.3) is 10.0 Å². The molecule has 2 rings (SSSR count). The molecule has 0 radical (unpaired) electrons. The first-order chi connectivity index (χ1) is 12.3. The highest BCUT2D eigenvalue weighted by molar-refractivity contribution is 7.92. The Bertz CT molecular complexity index is 898. The third-order valence-electron chi connectivity index (χ3n) is 3.65. The summed E-state index contributed by atoms with van der Waals surface area (Å²) >= 11 is 0. The summed E-state index contributed by atoms with van der Waals surface area (Å²) in [6, 6.07) is 9.61. The van der Waals surface area contributed by atoms with E-state index in [4.69, 9.17) is 9.47 Å². The van der Waals surface area contributed by atoms with Gasteiger partial charge in [-0.1, -0.05) is 12.1 Å². The highest BCUT2D eigenvalue weighted by Crippen LogP contribution is 2.28. The third kappa shape index (κ3) is 4.13. The molecule has 0 aliphatic carbocycles. The van der Waals surface area contributed by atoms with Crippen LogP contribution in [0.2, 0.25) is 0 Å². The Balaban J connectivity index is 2.54. The molecule has 0 bridgehead atoms. The number of halogens is 1. The van der Waals surface area contributed by atoms with Gasteiger partial charge in [-0.05, 0) is 49.7 Å². The highest BCUT2D eigenvalue weighted by Gasteiger charge is 2.30. The summed E-state index contributed by atoms with van der Waals surface area (Å²) < 4.78 is 51.1. The van der Waals surface area contributed by atoms with Crippen LogP contribution in [0.4, 0.5) is 10.1 Å². The van der Waals surface area contributed by atoms with Crippen molar-refractivity contribution in [2.24, 2.45) is 0 Å². The normalized spacial score (nSPS) is 11.1. The number of rotatable bonds is 7. The quantitative estimate of drug-likeness (QED) is 0.690. The van der Waals surface area contributed by atoms with Crippen LogP contribution in [0, 0.1) is 12.7 Å². The van der Waals surface area contributed by atoms with Crippen LogP contribution in [-0.4, -0.2) is 34.6 Å². The van der Waals surface area contributed by atoms with Gasteiger partial charge in [-0.3, -0.25) is 9.10 Å². The number of aryl methyl sites for hydroxylation is 1. The maximum absolute atomic E-state index is 14.2. The molecule has 140 valence electrons. The minimum absolute atomic E-state index is 0.0802. The van der Waals surface area contributed by atoms with Crippen molar-refractivity contribution in [2.45, 2.75) is 18.7 Å². The Hall–Kier alpha value is -2.61. The lowest BCUT2D eigenvalue weighted by molar-refractivity contribution is -0.141. The largest absolute Gasteiger partial charge is 0.496 e. The number of hydrogen-bond donors (Lipinski definition) is 0. The van der Waals surface area contributed by atoms with Gasteiger partial charge in [0.05, 0.1) is 24.3 Å². The standard InChI is InChI=1S/C18H20FNO5S/c1-4-25-18(21)12-20(16-8-6-5-7-15(16)19)26(22,23)14-9-10-17(24-3)13(2)11-14/h5-11H,4,12H2,1-3H3. The van der Waals surface area contributed by atoms with Crippen LogP contribution in [0.25, 0.3) is 0 Å². The highest BCUT2D eigenvalue weighted by atomic mass is 32.2. The topological polar surface area (TPSA) is 72.9 Å². The lowest BCUT2D eigenvalue weighted by atomic mass is 10.2. The monoisotopic (exact) mass is 381 g/mol. The fourth-order valence-electron chi connectivity index (χ4n) is 2.42. The molecule has 8 heteroatoms. The van der Waals surface area contributed by atoms with Crippen LogP contribution in [0.1, 0.15) is 12.5 Å². The number of hydrogen-bond acceptors (Lipinski definition) is 5. The molecular weight excluding hydrogens is 361 g/mol. The molecule has 0 saturated carbocycles. The molecule has 0 aliphatic rings. The summed E-state index contributed by atoms with van der Waals surface area (Å²) in [4.78, 5) is 11.8. The van der Waals surface area contributed by atoms with E-state index in [0.717, 1.165) is 6.07 Å². The van der Waals surface area contributed by atoms with Gasteiger partial charge in [-0.2, -0.15) is 0 Å². The first kappa shape index (κ1) is 19.7. The Morgan fingerprint density at radius 2 is 1.88 bits per heavy atom. The molecule has 0 spiro atoms. The van der Waals surface area contributed by atoms with Crippen molar-refractivity contribution >= 4 is 21.7 Å². The number of benzene rings is 2. The molecular formula is C18H20FNO5S. The maximum Gasteiger partial charge on any atom is 0.326 e. The summed E-state index contributed by atoms with van der Waals surface area (Å²) in [5.74, 6) is -1.01. The van der Waals surface area contributed by atoms with Gasteiger partial charge in [-0.15, -0.1) is 0 Å². The van der Waals surface area contributed by atoms with Gasteiger partial charge < -0.3 is 9.47 Å². The Labute approximate surface area is 152 Å². The molecule has 2 aromatic rings. The molecule has 0 amide bonds. The van der Waals surface area contributed by atoms with E-state index >= 15 is 0 Å². The second-order valence-electron chi connectivity index (χ2n) is 5.40. The van der Waals surface area contributed by atoms with Crippen LogP contribution in [0.5, 0.6) is 5.75 Å². The molecule has 26 heavy (non-hydrogen) atoms. The molecule has 0 N–H and O–H groups in total.